The Bertz CT molecular complexity index is 15.5. The first-order chi connectivity index (χ1) is 1.73. The van der Waals surface area contributed by atoms with E-state index in [0.717, 1.165) is 0 Å². The van der Waals surface area contributed by atoms with Crippen LogP contribution in [0.25, 0.3) is 0 Å². The first-order valence-corrected chi connectivity index (χ1v) is 0.707. The van der Waals surface area contributed by atoms with Gasteiger partial charge in [0, 0.05) is 0 Å². The minimum absolute atomic E-state index is 0. The molecule has 0 saturated carbocycles. The molecule has 0 saturated heterocycles. The predicted molar refractivity (Wildman–Crippen MR) is 5.75 cm³/mol. The molecule has 6 heteroatoms. The Labute approximate surface area is 58.3 Å². The van der Waals surface area contributed by atoms with Gasteiger partial charge in [0.05, 0.1) is 0 Å². The third-order valence-corrected chi connectivity index (χ3v) is 0. The summed E-state index contributed by atoms with van der Waals surface area (Å²) in [5.41, 5.74) is 0. The summed E-state index contributed by atoms with van der Waals surface area (Å²) in [5, 5.41) is 25.2. The average Bonchev–Trinajstić information content (AvgIpc) is 0.811. The summed E-state index contributed by atoms with van der Waals surface area (Å²) in [6.07, 6.45) is 0. The molecule has 3 nitrogen and oxygen atoms in total. The molecule has 0 atom stereocenters. The third kappa shape index (κ3) is 75.2. The van der Waals surface area contributed by atoms with Crippen LogP contribution in [0.1, 0.15) is 0 Å². The smallest absolute Gasteiger partial charge is 0.907 e. The molecule has 0 aliphatic rings. The Morgan fingerprint density at radius 2 is 1.00 bits per heavy atom. The summed E-state index contributed by atoms with van der Waals surface area (Å²) in [7, 11) is -2.92. The zero-order valence-corrected chi connectivity index (χ0v) is 4.18. The molecule has 0 aromatic heterocycles. The van der Waals surface area contributed by atoms with Crippen molar-refractivity contribution in [1.29, 1.82) is 0 Å². The molecule has 6 heavy (non-hydrogen) atoms. The van der Waals surface area contributed by atoms with Crippen LogP contribution in [0, 0.1) is 0 Å². The first-order valence-electron chi connectivity index (χ1n) is 0.707. The van der Waals surface area contributed by atoms with Gasteiger partial charge in [0.1, 0.15) is 0 Å². The zero-order valence-electron chi connectivity index (χ0n) is 3.14. The van der Waals surface area contributed by atoms with Gasteiger partial charge in [-0.1, -0.05) is 0 Å². The average molecular weight is 125 g/mol. The first kappa shape index (κ1) is 15.7. The minimum atomic E-state index is -2.92. The van der Waals surface area contributed by atoms with Crippen LogP contribution in [0.5, 0.6) is 0 Å². The van der Waals surface area contributed by atoms with Crippen LogP contribution in [-0.4, -0.2) is 7.32 Å². The number of hydrogen-bond donors (Lipinski definition) is 0. The summed E-state index contributed by atoms with van der Waals surface area (Å²) < 4.78 is 0. The van der Waals surface area contributed by atoms with Crippen molar-refractivity contribution in [1.82, 2.24) is 0 Å². The van der Waals surface area contributed by atoms with Crippen molar-refractivity contribution in [2.24, 2.45) is 0 Å². The van der Waals surface area contributed by atoms with Crippen LogP contribution in [0.3, 0.4) is 0 Å². The summed E-state index contributed by atoms with van der Waals surface area (Å²) in [4.78, 5) is 0. The standard InChI is InChI=1S/BO3.Co.Li/c2-1(3)4;;/q-3;+2;+1. The van der Waals surface area contributed by atoms with Gasteiger partial charge in [-0.05, 0) is 0 Å². The van der Waals surface area contributed by atoms with Crippen LogP contribution in [0.2, 0.25) is 0 Å². The van der Waals surface area contributed by atoms with Gasteiger partial charge >= 0.3 is 35.6 Å². The molecule has 0 fully saturated rings. The van der Waals surface area contributed by atoms with Crippen LogP contribution in [-0.2, 0) is 16.8 Å². The van der Waals surface area contributed by atoms with E-state index in [2.05, 4.69) is 0 Å². The van der Waals surface area contributed by atoms with E-state index in [1.54, 1.807) is 0 Å². The summed E-state index contributed by atoms with van der Waals surface area (Å²) in [6, 6.07) is 0. The molecule has 0 amide bonds. The monoisotopic (exact) mass is 125 g/mol. The molecular formula is BCoLiO3. The van der Waals surface area contributed by atoms with Gasteiger partial charge < -0.3 is 15.1 Å². The second-order valence-corrected chi connectivity index (χ2v) is 0.289. The van der Waals surface area contributed by atoms with Gasteiger partial charge in [0.15, 0.2) is 0 Å². The van der Waals surface area contributed by atoms with Crippen molar-refractivity contribution in [3.8, 4) is 0 Å². The summed E-state index contributed by atoms with van der Waals surface area (Å²) >= 11 is 0. The largest absolute Gasteiger partial charge is 2.00 e. The van der Waals surface area contributed by atoms with Crippen molar-refractivity contribution in [3.05, 3.63) is 0 Å². The fourth-order valence-electron chi connectivity index (χ4n) is 0. The third-order valence-electron chi connectivity index (χ3n) is 0. The van der Waals surface area contributed by atoms with Gasteiger partial charge in [0.25, 0.3) is 0 Å². The fraction of sp³-hybridized carbons (Fsp3) is 0. The van der Waals surface area contributed by atoms with Crippen molar-refractivity contribution >= 4 is 7.32 Å². The van der Waals surface area contributed by atoms with E-state index in [9.17, 15) is 0 Å². The van der Waals surface area contributed by atoms with Crippen molar-refractivity contribution in [3.63, 3.8) is 0 Å². The molecule has 0 rings (SSSR count). The Morgan fingerprint density at radius 1 is 1.00 bits per heavy atom. The Kier molecular flexibility index (Phi) is 24.7. The molecule has 0 aromatic carbocycles. The van der Waals surface area contributed by atoms with Gasteiger partial charge in [0.2, 0.25) is 0 Å². The van der Waals surface area contributed by atoms with E-state index in [-0.39, 0.29) is 35.6 Å². The topological polar surface area (TPSA) is 69.2 Å². The second-order valence-electron chi connectivity index (χ2n) is 0.289. The summed E-state index contributed by atoms with van der Waals surface area (Å²) in [6.45, 7) is 0. The Morgan fingerprint density at radius 3 is 1.00 bits per heavy atom. The van der Waals surface area contributed by atoms with E-state index in [4.69, 9.17) is 15.1 Å². The van der Waals surface area contributed by atoms with Crippen LogP contribution < -0.4 is 33.9 Å². The van der Waals surface area contributed by atoms with E-state index in [1.165, 1.54) is 0 Å². The molecule has 31 valence electrons. The van der Waals surface area contributed by atoms with Crippen LogP contribution in [0.4, 0.5) is 0 Å². The molecular weight excluding hydrogens is 125 g/mol. The molecule has 0 aromatic rings. The summed E-state index contributed by atoms with van der Waals surface area (Å²) in [5.74, 6) is 0. The minimum Gasteiger partial charge on any atom is -0.907 e. The zero-order chi connectivity index (χ0) is 3.58. The molecule has 1 radical (unpaired) electrons. The van der Waals surface area contributed by atoms with Gasteiger partial charge in [-0.2, -0.15) is 0 Å². The van der Waals surface area contributed by atoms with Gasteiger partial charge in [-0.25, -0.2) is 0 Å². The number of hydrogen-bond acceptors (Lipinski definition) is 3. The van der Waals surface area contributed by atoms with E-state index >= 15 is 0 Å². The van der Waals surface area contributed by atoms with E-state index in [0.29, 0.717) is 0 Å². The normalized spacial score (nSPS) is 4.50. The van der Waals surface area contributed by atoms with E-state index in [1.807, 2.05) is 0 Å². The van der Waals surface area contributed by atoms with Crippen LogP contribution >= 0.6 is 0 Å². The van der Waals surface area contributed by atoms with Crippen molar-refractivity contribution in [2.75, 3.05) is 0 Å². The molecule has 0 spiro atoms. The molecule has 0 aliphatic carbocycles. The Hall–Kier alpha value is 1.05. The van der Waals surface area contributed by atoms with Gasteiger partial charge in [-0.3, -0.25) is 7.32 Å². The molecule has 0 N–H and O–H groups in total. The molecule has 0 unspecified atom stereocenters. The molecule has 0 heterocycles. The van der Waals surface area contributed by atoms with Crippen molar-refractivity contribution < 1.29 is 50.7 Å². The van der Waals surface area contributed by atoms with Crippen molar-refractivity contribution in [2.45, 2.75) is 0 Å². The quantitative estimate of drug-likeness (QED) is 0.302. The maximum atomic E-state index is 8.42. The maximum Gasteiger partial charge on any atom is 2.00 e. The second kappa shape index (κ2) is 9.41. The fourth-order valence-corrected chi connectivity index (χ4v) is 0. The Balaban J connectivity index is -0.0000000450. The SMILES string of the molecule is [Co+2].[Li+].[O-]B([O-])[O-]. The van der Waals surface area contributed by atoms with E-state index < -0.39 is 7.32 Å². The van der Waals surface area contributed by atoms with Gasteiger partial charge in [-0.15, -0.1) is 0 Å². The van der Waals surface area contributed by atoms with Crippen LogP contribution in [0.15, 0.2) is 0 Å². The maximum absolute atomic E-state index is 8.42. The predicted octanol–water partition coefficient (Wildman–Crippen LogP) is -6.95. The molecule has 0 aliphatic heterocycles. The number of rotatable bonds is 0. The molecule has 0 bridgehead atoms.